The first-order valence-corrected chi connectivity index (χ1v) is 7.49. The Hall–Kier alpha value is -2.04. The maximum absolute atomic E-state index is 12.0. The number of carbonyl (C=O) groups is 2. The minimum atomic E-state index is -0.973. The van der Waals surface area contributed by atoms with Crippen molar-refractivity contribution in [1.29, 1.82) is 0 Å². The molecule has 1 aliphatic rings. The zero-order valence-corrected chi connectivity index (χ0v) is 12.3. The molecule has 0 aliphatic heterocycles. The van der Waals surface area contributed by atoms with Crippen molar-refractivity contribution < 1.29 is 14.7 Å². The highest BCUT2D eigenvalue weighted by molar-refractivity contribution is 5.91. The molecular formula is C16H22N2O3. The quantitative estimate of drug-likeness (QED) is 0.794. The molecule has 2 unspecified atom stereocenters. The summed E-state index contributed by atoms with van der Waals surface area (Å²) in [6, 6.07) is 6.16. The number of aromatic carboxylic acids is 1. The Morgan fingerprint density at radius 2 is 1.95 bits per heavy atom. The van der Waals surface area contributed by atoms with Crippen LogP contribution in [0.5, 0.6) is 0 Å². The molecule has 114 valence electrons. The van der Waals surface area contributed by atoms with Gasteiger partial charge in [-0.2, -0.15) is 0 Å². The maximum Gasteiger partial charge on any atom is 0.335 e. The van der Waals surface area contributed by atoms with Gasteiger partial charge in [-0.25, -0.2) is 9.59 Å². The topological polar surface area (TPSA) is 78.4 Å². The Morgan fingerprint density at radius 1 is 1.24 bits per heavy atom. The summed E-state index contributed by atoms with van der Waals surface area (Å²) in [6.07, 6.45) is 5.66. The van der Waals surface area contributed by atoms with Crippen molar-refractivity contribution in [3.63, 3.8) is 0 Å². The second-order valence-corrected chi connectivity index (χ2v) is 5.62. The van der Waals surface area contributed by atoms with Crippen molar-refractivity contribution in [3.8, 4) is 0 Å². The molecule has 1 aromatic carbocycles. The average Bonchev–Trinajstić information content (AvgIpc) is 2.47. The first-order chi connectivity index (χ1) is 10.1. The third-order valence-electron chi connectivity index (χ3n) is 4.09. The molecule has 0 heterocycles. The normalized spacial score (nSPS) is 21.6. The van der Waals surface area contributed by atoms with Crippen LogP contribution in [0.3, 0.4) is 0 Å². The van der Waals surface area contributed by atoms with E-state index in [1.807, 2.05) is 0 Å². The predicted octanol–water partition coefficient (Wildman–Crippen LogP) is 3.48. The maximum atomic E-state index is 12.0. The summed E-state index contributed by atoms with van der Waals surface area (Å²) >= 11 is 0. The van der Waals surface area contributed by atoms with Crippen molar-refractivity contribution in [3.05, 3.63) is 29.8 Å². The van der Waals surface area contributed by atoms with Gasteiger partial charge in [0.15, 0.2) is 0 Å². The van der Waals surface area contributed by atoms with Crippen molar-refractivity contribution in [2.45, 2.75) is 45.1 Å². The van der Waals surface area contributed by atoms with Gasteiger partial charge in [-0.1, -0.05) is 26.2 Å². The number of hydrogen-bond acceptors (Lipinski definition) is 2. The highest BCUT2D eigenvalue weighted by atomic mass is 16.4. The van der Waals surface area contributed by atoms with E-state index >= 15 is 0 Å². The Labute approximate surface area is 124 Å². The van der Waals surface area contributed by atoms with Gasteiger partial charge in [0.05, 0.1) is 5.56 Å². The summed E-state index contributed by atoms with van der Waals surface area (Å²) in [5.74, 6) is -0.266. The average molecular weight is 290 g/mol. The molecule has 0 radical (unpaired) electrons. The van der Waals surface area contributed by atoms with Crippen LogP contribution < -0.4 is 10.6 Å². The van der Waals surface area contributed by atoms with Crippen LogP contribution in [0, 0.1) is 5.92 Å². The van der Waals surface area contributed by atoms with Crippen LogP contribution >= 0.6 is 0 Å². The zero-order valence-electron chi connectivity index (χ0n) is 12.3. The van der Waals surface area contributed by atoms with Crippen LogP contribution in [-0.4, -0.2) is 23.1 Å². The van der Waals surface area contributed by atoms with E-state index in [-0.39, 0.29) is 17.6 Å². The fourth-order valence-corrected chi connectivity index (χ4v) is 2.84. The number of amides is 2. The van der Waals surface area contributed by atoms with E-state index in [0.29, 0.717) is 11.6 Å². The number of carboxylic acids is 1. The fraction of sp³-hybridized carbons (Fsp3) is 0.500. The van der Waals surface area contributed by atoms with E-state index in [1.165, 1.54) is 18.6 Å². The Morgan fingerprint density at radius 3 is 2.57 bits per heavy atom. The summed E-state index contributed by atoms with van der Waals surface area (Å²) in [7, 11) is 0. The molecule has 5 nitrogen and oxygen atoms in total. The third-order valence-corrected chi connectivity index (χ3v) is 4.09. The van der Waals surface area contributed by atoms with Crippen LogP contribution in [0.15, 0.2) is 24.3 Å². The molecule has 0 bridgehead atoms. The van der Waals surface area contributed by atoms with Crippen molar-refractivity contribution in [2.24, 2.45) is 5.92 Å². The number of carboxylic acid groups (broad SMARTS) is 1. The number of urea groups is 1. The Bertz CT molecular complexity index is 499. The van der Waals surface area contributed by atoms with Gasteiger partial charge in [-0.05, 0) is 43.0 Å². The van der Waals surface area contributed by atoms with E-state index in [9.17, 15) is 9.59 Å². The monoisotopic (exact) mass is 290 g/mol. The van der Waals surface area contributed by atoms with Crippen molar-refractivity contribution in [2.75, 3.05) is 5.32 Å². The van der Waals surface area contributed by atoms with Gasteiger partial charge in [-0.3, -0.25) is 0 Å². The lowest BCUT2D eigenvalue weighted by Gasteiger charge is -2.29. The van der Waals surface area contributed by atoms with Crippen LogP contribution in [0.2, 0.25) is 0 Å². The molecule has 1 aromatic rings. The van der Waals surface area contributed by atoms with Gasteiger partial charge in [-0.15, -0.1) is 0 Å². The summed E-state index contributed by atoms with van der Waals surface area (Å²) in [5.41, 5.74) is 0.805. The van der Waals surface area contributed by atoms with Gasteiger partial charge in [0.1, 0.15) is 0 Å². The standard InChI is InChI=1S/C16H22N2O3/c1-2-11-4-3-5-14(10-11)18-16(21)17-13-8-6-12(7-9-13)15(19)20/h6-9,11,14H,2-5,10H2,1H3,(H,19,20)(H2,17,18,21). The Kier molecular flexibility index (Phi) is 5.20. The molecule has 2 atom stereocenters. The first-order valence-electron chi connectivity index (χ1n) is 7.49. The van der Waals surface area contributed by atoms with E-state index in [0.717, 1.165) is 25.7 Å². The molecule has 1 saturated carbocycles. The molecule has 0 spiro atoms. The van der Waals surface area contributed by atoms with Crippen LogP contribution in [0.25, 0.3) is 0 Å². The van der Waals surface area contributed by atoms with Gasteiger partial charge in [0.25, 0.3) is 0 Å². The highest BCUT2D eigenvalue weighted by Crippen LogP contribution is 2.26. The van der Waals surface area contributed by atoms with Gasteiger partial charge in [0, 0.05) is 11.7 Å². The number of anilines is 1. The number of hydrogen-bond donors (Lipinski definition) is 3. The summed E-state index contributed by atoms with van der Waals surface area (Å²) in [4.78, 5) is 22.7. The lowest BCUT2D eigenvalue weighted by atomic mass is 9.84. The minimum absolute atomic E-state index is 0.207. The number of carbonyl (C=O) groups excluding carboxylic acids is 1. The minimum Gasteiger partial charge on any atom is -0.478 e. The summed E-state index contributed by atoms with van der Waals surface area (Å²) in [6.45, 7) is 2.19. The predicted molar refractivity (Wildman–Crippen MR) is 81.6 cm³/mol. The number of benzene rings is 1. The van der Waals surface area contributed by atoms with Crippen molar-refractivity contribution in [1.82, 2.24) is 5.32 Å². The van der Waals surface area contributed by atoms with Crippen LogP contribution in [0.1, 0.15) is 49.4 Å². The SMILES string of the molecule is CCC1CCCC(NC(=O)Nc2ccc(C(=O)O)cc2)C1. The van der Waals surface area contributed by atoms with E-state index < -0.39 is 5.97 Å². The van der Waals surface area contributed by atoms with Gasteiger partial charge < -0.3 is 15.7 Å². The van der Waals surface area contributed by atoms with E-state index in [4.69, 9.17) is 5.11 Å². The second kappa shape index (κ2) is 7.11. The van der Waals surface area contributed by atoms with Gasteiger partial charge >= 0.3 is 12.0 Å². The van der Waals surface area contributed by atoms with E-state index in [1.54, 1.807) is 12.1 Å². The zero-order chi connectivity index (χ0) is 15.2. The fourth-order valence-electron chi connectivity index (χ4n) is 2.84. The number of nitrogens with one attached hydrogen (secondary N) is 2. The summed E-state index contributed by atoms with van der Waals surface area (Å²) in [5, 5.41) is 14.6. The number of rotatable bonds is 4. The largest absolute Gasteiger partial charge is 0.478 e. The molecule has 0 aromatic heterocycles. The highest BCUT2D eigenvalue weighted by Gasteiger charge is 2.22. The molecule has 21 heavy (non-hydrogen) atoms. The van der Waals surface area contributed by atoms with Crippen LogP contribution in [-0.2, 0) is 0 Å². The Balaban J connectivity index is 1.85. The second-order valence-electron chi connectivity index (χ2n) is 5.62. The van der Waals surface area contributed by atoms with Gasteiger partial charge in [0.2, 0.25) is 0 Å². The van der Waals surface area contributed by atoms with Crippen molar-refractivity contribution >= 4 is 17.7 Å². The molecule has 3 N–H and O–H groups in total. The molecule has 2 rings (SSSR count). The molecule has 2 amide bonds. The third kappa shape index (κ3) is 4.48. The van der Waals surface area contributed by atoms with Crippen LogP contribution in [0.4, 0.5) is 10.5 Å². The molecule has 1 fully saturated rings. The van der Waals surface area contributed by atoms with E-state index in [2.05, 4.69) is 17.6 Å². The first kappa shape index (κ1) is 15.4. The molecule has 1 aliphatic carbocycles. The lowest BCUT2D eigenvalue weighted by molar-refractivity contribution is 0.0697. The lowest BCUT2D eigenvalue weighted by Crippen LogP contribution is -2.40. The molecule has 0 saturated heterocycles. The smallest absolute Gasteiger partial charge is 0.335 e. The molecular weight excluding hydrogens is 268 g/mol. The molecule has 5 heteroatoms. The summed E-state index contributed by atoms with van der Waals surface area (Å²) < 4.78 is 0.